The maximum absolute atomic E-state index is 13.1. The van der Waals surface area contributed by atoms with E-state index in [1.807, 2.05) is 6.07 Å². The first-order chi connectivity index (χ1) is 13.5. The highest BCUT2D eigenvalue weighted by atomic mass is 35.5. The SMILES string of the molecule is CC1CCCCN1c1nc2c(c(=O)[nH]1)C(c1cccc(Cl)c1)C(C#N)C(=O)N2. The van der Waals surface area contributed by atoms with Gasteiger partial charge in [0.1, 0.15) is 11.7 Å². The zero-order valence-electron chi connectivity index (χ0n) is 15.4. The van der Waals surface area contributed by atoms with Gasteiger partial charge < -0.3 is 10.2 Å². The fraction of sp³-hybridized carbons (Fsp3) is 0.400. The third-order valence-electron chi connectivity index (χ3n) is 5.53. The summed E-state index contributed by atoms with van der Waals surface area (Å²) in [6.45, 7) is 2.90. The lowest BCUT2D eigenvalue weighted by Gasteiger charge is -2.35. The van der Waals surface area contributed by atoms with Gasteiger partial charge in [0.2, 0.25) is 11.9 Å². The Morgan fingerprint density at radius 1 is 1.32 bits per heavy atom. The zero-order chi connectivity index (χ0) is 19.8. The standard InChI is InChI=1S/C20H20ClN5O2/c1-11-5-2-3-8-26(11)20-24-17-16(19(28)25-20)15(14(10-22)18(27)23-17)12-6-4-7-13(21)9-12/h4,6-7,9,11,14-15H,2-3,5,8H2,1H3,(H2,23,24,25,27,28). The second-order valence-electron chi connectivity index (χ2n) is 7.32. The van der Waals surface area contributed by atoms with Crippen LogP contribution in [0.5, 0.6) is 0 Å². The number of piperidine rings is 1. The van der Waals surface area contributed by atoms with E-state index < -0.39 is 17.7 Å². The summed E-state index contributed by atoms with van der Waals surface area (Å²) in [5, 5.41) is 12.7. The molecule has 0 bridgehead atoms. The van der Waals surface area contributed by atoms with Gasteiger partial charge >= 0.3 is 0 Å². The fourth-order valence-electron chi connectivity index (χ4n) is 4.11. The Hall–Kier alpha value is -2.85. The minimum absolute atomic E-state index is 0.220. The van der Waals surface area contributed by atoms with E-state index in [1.54, 1.807) is 24.3 Å². The third-order valence-corrected chi connectivity index (χ3v) is 5.77. The van der Waals surface area contributed by atoms with Crippen LogP contribution in [-0.4, -0.2) is 28.5 Å². The van der Waals surface area contributed by atoms with E-state index in [4.69, 9.17) is 11.6 Å². The summed E-state index contributed by atoms with van der Waals surface area (Å²) in [5.41, 5.74) is 0.589. The van der Waals surface area contributed by atoms with Crippen LogP contribution in [0.4, 0.5) is 11.8 Å². The van der Waals surface area contributed by atoms with E-state index in [0.717, 1.165) is 25.8 Å². The predicted molar refractivity (Wildman–Crippen MR) is 107 cm³/mol. The Kier molecular flexibility index (Phi) is 4.82. The van der Waals surface area contributed by atoms with E-state index in [9.17, 15) is 14.9 Å². The number of benzene rings is 1. The van der Waals surface area contributed by atoms with Crippen LogP contribution >= 0.6 is 11.6 Å². The Morgan fingerprint density at radius 2 is 2.14 bits per heavy atom. The molecule has 28 heavy (non-hydrogen) atoms. The number of anilines is 2. The lowest BCUT2D eigenvalue weighted by molar-refractivity contribution is -0.119. The van der Waals surface area contributed by atoms with Crippen LogP contribution in [-0.2, 0) is 4.79 Å². The number of nitriles is 1. The number of hydrogen-bond donors (Lipinski definition) is 2. The second-order valence-corrected chi connectivity index (χ2v) is 7.76. The maximum atomic E-state index is 13.1. The van der Waals surface area contributed by atoms with Gasteiger partial charge in [0.05, 0.1) is 11.6 Å². The van der Waals surface area contributed by atoms with Crippen molar-refractivity contribution in [2.75, 3.05) is 16.8 Å². The molecule has 0 spiro atoms. The Morgan fingerprint density at radius 3 is 2.86 bits per heavy atom. The number of aromatic nitrogens is 2. The Balaban J connectivity index is 1.86. The van der Waals surface area contributed by atoms with Crippen molar-refractivity contribution in [1.29, 1.82) is 5.26 Å². The molecule has 3 unspecified atom stereocenters. The van der Waals surface area contributed by atoms with Crippen LogP contribution in [0.2, 0.25) is 5.02 Å². The Labute approximate surface area is 167 Å². The number of nitrogens with one attached hydrogen (secondary N) is 2. The molecule has 1 aromatic heterocycles. The zero-order valence-corrected chi connectivity index (χ0v) is 16.2. The van der Waals surface area contributed by atoms with Crippen LogP contribution < -0.4 is 15.8 Å². The molecule has 4 rings (SSSR count). The second kappa shape index (κ2) is 7.28. The summed E-state index contributed by atoms with van der Waals surface area (Å²) in [7, 11) is 0. The number of aromatic amines is 1. The number of hydrogen-bond acceptors (Lipinski definition) is 5. The molecule has 1 aromatic carbocycles. The Bertz CT molecular complexity index is 1030. The number of rotatable bonds is 2. The highest BCUT2D eigenvalue weighted by molar-refractivity contribution is 6.30. The maximum Gasteiger partial charge on any atom is 0.258 e. The largest absolute Gasteiger partial charge is 0.340 e. The van der Waals surface area contributed by atoms with E-state index in [1.165, 1.54) is 0 Å². The van der Waals surface area contributed by atoms with Gasteiger partial charge in [-0.05, 0) is 43.9 Å². The molecule has 2 aromatic rings. The average Bonchev–Trinajstić information content (AvgIpc) is 2.67. The summed E-state index contributed by atoms with van der Waals surface area (Å²) in [4.78, 5) is 35.1. The molecule has 1 fully saturated rings. The van der Waals surface area contributed by atoms with Crippen molar-refractivity contribution in [3.8, 4) is 6.07 Å². The van der Waals surface area contributed by atoms with Gasteiger partial charge in [0.15, 0.2) is 0 Å². The number of carbonyl (C=O) groups excluding carboxylic acids is 1. The first-order valence-electron chi connectivity index (χ1n) is 9.36. The molecule has 144 valence electrons. The quantitative estimate of drug-likeness (QED) is 0.810. The first kappa shape index (κ1) is 18.5. The lowest BCUT2D eigenvalue weighted by atomic mass is 9.79. The molecular formula is C20H20ClN5O2. The van der Waals surface area contributed by atoms with Gasteiger partial charge in [-0.1, -0.05) is 23.7 Å². The number of carbonyl (C=O) groups is 1. The van der Waals surface area contributed by atoms with Crippen molar-refractivity contribution in [2.24, 2.45) is 5.92 Å². The highest BCUT2D eigenvalue weighted by Gasteiger charge is 2.40. The molecule has 0 radical (unpaired) electrons. The topological polar surface area (TPSA) is 102 Å². The molecular weight excluding hydrogens is 378 g/mol. The van der Waals surface area contributed by atoms with Crippen LogP contribution in [0.25, 0.3) is 0 Å². The molecule has 1 amide bonds. The van der Waals surface area contributed by atoms with E-state index >= 15 is 0 Å². The van der Waals surface area contributed by atoms with Crippen LogP contribution in [0.1, 0.15) is 43.2 Å². The monoisotopic (exact) mass is 397 g/mol. The minimum Gasteiger partial charge on any atom is -0.340 e. The van der Waals surface area contributed by atoms with Gasteiger partial charge in [0.25, 0.3) is 5.56 Å². The molecule has 3 heterocycles. The summed E-state index contributed by atoms with van der Waals surface area (Å²) >= 11 is 6.11. The van der Waals surface area contributed by atoms with Gasteiger partial charge in [-0.3, -0.25) is 14.6 Å². The fourth-order valence-corrected chi connectivity index (χ4v) is 4.31. The first-order valence-corrected chi connectivity index (χ1v) is 9.74. The van der Waals surface area contributed by atoms with Crippen molar-refractivity contribution in [3.63, 3.8) is 0 Å². The average molecular weight is 398 g/mol. The van der Waals surface area contributed by atoms with E-state index in [2.05, 4.69) is 27.1 Å². The molecule has 2 N–H and O–H groups in total. The summed E-state index contributed by atoms with van der Waals surface area (Å²) < 4.78 is 0. The third kappa shape index (κ3) is 3.14. The smallest absolute Gasteiger partial charge is 0.258 e. The summed E-state index contributed by atoms with van der Waals surface area (Å²) in [6, 6.07) is 9.18. The molecule has 2 aliphatic rings. The van der Waals surface area contributed by atoms with Crippen molar-refractivity contribution in [1.82, 2.24) is 9.97 Å². The van der Waals surface area contributed by atoms with Gasteiger partial charge in [0, 0.05) is 23.5 Å². The number of fused-ring (bicyclic) bond motifs is 1. The number of amides is 1. The number of nitrogens with zero attached hydrogens (tertiary/aromatic N) is 3. The van der Waals surface area contributed by atoms with E-state index in [-0.39, 0.29) is 17.4 Å². The summed E-state index contributed by atoms with van der Waals surface area (Å²) in [5.74, 6) is -1.55. The molecule has 1 saturated heterocycles. The minimum atomic E-state index is -1.03. The van der Waals surface area contributed by atoms with Gasteiger partial charge in [-0.15, -0.1) is 0 Å². The van der Waals surface area contributed by atoms with Crippen LogP contribution in [0.3, 0.4) is 0 Å². The molecule has 8 heteroatoms. The van der Waals surface area contributed by atoms with Crippen LogP contribution in [0.15, 0.2) is 29.1 Å². The van der Waals surface area contributed by atoms with Crippen molar-refractivity contribution in [3.05, 3.63) is 50.8 Å². The van der Waals surface area contributed by atoms with E-state index in [0.29, 0.717) is 22.1 Å². The molecule has 2 aliphatic heterocycles. The summed E-state index contributed by atoms with van der Waals surface area (Å²) in [6.07, 6.45) is 3.19. The van der Waals surface area contributed by atoms with Crippen molar-refractivity contribution >= 4 is 29.3 Å². The molecule has 0 saturated carbocycles. The molecule has 7 nitrogen and oxygen atoms in total. The van der Waals surface area contributed by atoms with Gasteiger partial charge in [-0.2, -0.15) is 10.2 Å². The van der Waals surface area contributed by atoms with Crippen molar-refractivity contribution < 1.29 is 4.79 Å². The number of H-pyrrole nitrogens is 1. The highest BCUT2D eigenvalue weighted by Crippen LogP contribution is 2.39. The normalized spacial score (nSPS) is 24.2. The molecule has 0 aliphatic carbocycles. The number of halogens is 1. The predicted octanol–water partition coefficient (Wildman–Crippen LogP) is 3.03. The van der Waals surface area contributed by atoms with Crippen molar-refractivity contribution in [2.45, 2.75) is 38.1 Å². The lowest BCUT2D eigenvalue weighted by Crippen LogP contribution is -2.42. The van der Waals surface area contributed by atoms with Gasteiger partial charge in [-0.25, -0.2) is 0 Å². The van der Waals surface area contributed by atoms with Crippen LogP contribution in [0, 0.1) is 17.2 Å². The molecule has 3 atom stereocenters.